The van der Waals surface area contributed by atoms with Crippen molar-refractivity contribution < 1.29 is 14.6 Å². The Morgan fingerprint density at radius 1 is 1.29 bits per heavy atom. The monoisotopic (exact) mass is 422 g/mol. The first kappa shape index (κ1) is 22.7. The average Bonchev–Trinajstić information content (AvgIpc) is 3.31. The highest BCUT2D eigenvalue weighted by Gasteiger charge is 2.32. The number of nitriles is 1. The summed E-state index contributed by atoms with van der Waals surface area (Å²) in [5.74, 6) is -0.307. The second-order valence-corrected chi connectivity index (χ2v) is 7.59. The van der Waals surface area contributed by atoms with Gasteiger partial charge < -0.3 is 20.1 Å². The molecule has 0 radical (unpaired) electrons. The van der Waals surface area contributed by atoms with Crippen LogP contribution < -0.4 is 5.32 Å². The van der Waals surface area contributed by atoms with Crippen LogP contribution in [0.1, 0.15) is 79.8 Å². The van der Waals surface area contributed by atoms with Crippen molar-refractivity contribution >= 4 is 17.2 Å². The second-order valence-electron chi connectivity index (χ2n) is 7.59. The summed E-state index contributed by atoms with van der Waals surface area (Å²) >= 11 is 0. The molecule has 0 spiro atoms. The van der Waals surface area contributed by atoms with Crippen LogP contribution in [0.5, 0.6) is 0 Å². The number of H-pyrrole nitrogens is 1. The SMILES string of the molecule is CC.N#Cc1cnc(C(=O)Nc2ccc(C3(O)CCOCC3)cc2C2=CCCCC2)[nH]1. The lowest BCUT2D eigenvalue weighted by molar-refractivity contribution is -0.0679. The summed E-state index contributed by atoms with van der Waals surface area (Å²) < 4.78 is 5.41. The van der Waals surface area contributed by atoms with Crippen LogP contribution in [0.4, 0.5) is 5.69 Å². The maximum absolute atomic E-state index is 12.6. The highest BCUT2D eigenvalue weighted by Crippen LogP contribution is 2.38. The number of rotatable bonds is 4. The summed E-state index contributed by atoms with van der Waals surface area (Å²) in [5.41, 5.74) is 2.97. The molecule has 1 aromatic heterocycles. The molecule has 1 fully saturated rings. The van der Waals surface area contributed by atoms with Crippen LogP contribution in [0.25, 0.3) is 5.57 Å². The van der Waals surface area contributed by atoms with Gasteiger partial charge in [-0.15, -0.1) is 0 Å². The number of allylic oxidation sites excluding steroid dienone is 2. The molecular weight excluding hydrogens is 392 g/mol. The molecule has 1 amide bonds. The maximum atomic E-state index is 12.6. The fourth-order valence-corrected chi connectivity index (χ4v) is 3.96. The zero-order valence-electron chi connectivity index (χ0n) is 18.2. The minimum atomic E-state index is -0.909. The summed E-state index contributed by atoms with van der Waals surface area (Å²) in [6, 6.07) is 7.65. The lowest BCUT2D eigenvalue weighted by Gasteiger charge is -2.33. The van der Waals surface area contributed by atoms with E-state index in [4.69, 9.17) is 10.00 Å². The number of ether oxygens (including phenoxy) is 1. The molecule has 164 valence electrons. The highest BCUT2D eigenvalue weighted by molar-refractivity contribution is 6.03. The van der Waals surface area contributed by atoms with E-state index in [0.29, 0.717) is 31.7 Å². The Morgan fingerprint density at radius 3 is 2.71 bits per heavy atom. The number of anilines is 1. The maximum Gasteiger partial charge on any atom is 0.291 e. The van der Waals surface area contributed by atoms with Crippen LogP contribution in [0.2, 0.25) is 0 Å². The topological polar surface area (TPSA) is 111 Å². The largest absolute Gasteiger partial charge is 0.385 e. The molecule has 1 saturated heterocycles. The fraction of sp³-hybridized carbons (Fsp3) is 0.458. The number of hydrogen-bond acceptors (Lipinski definition) is 5. The number of nitrogens with one attached hydrogen (secondary N) is 2. The van der Waals surface area contributed by atoms with E-state index >= 15 is 0 Å². The zero-order valence-corrected chi connectivity index (χ0v) is 18.2. The molecule has 0 saturated carbocycles. The summed E-state index contributed by atoms with van der Waals surface area (Å²) in [6.45, 7) is 5.07. The Bertz CT molecular complexity index is 981. The third kappa shape index (κ3) is 5.22. The average molecular weight is 423 g/mol. The van der Waals surface area contributed by atoms with E-state index in [-0.39, 0.29) is 11.5 Å². The Labute approximate surface area is 183 Å². The van der Waals surface area contributed by atoms with Crippen LogP contribution >= 0.6 is 0 Å². The van der Waals surface area contributed by atoms with Crippen LogP contribution in [0.3, 0.4) is 0 Å². The highest BCUT2D eigenvalue weighted by atomic mass is 16.5. The number of aromatic amines is 1. The summed E-state index contributed by atoms with van der Waals surface area (Å²) in [5, 5.41) is 23.0. The molecule has 1 aliphatic heterocycles. The van der Waals surface area contributed by atoms with Crippen molar-refractivity contribution in [1.82, 2.24) is 9.97 Å². The molecule has 1 aliphatic carbocycles. The molecular formula is C24H30N4O3. The Hall–Kier alpha value is -2.95. The van der Waals surface area contributed by atoms with Gasteiger partial charge in [0.05, 0.1) is 11.8 Å². The molecule has 2 heterocycles. The molecule has 31 heavy (non-hydrogen) atoms. The number of aromatic nitrogens is 2. The number of carbonyl (C=O) groups is 1. The Morgan fingerprint density at radius 2 is 2.06 bits per heavy atom. The predicted octanol–water partition coefficient (Wildman–Crippen LogP) is 4.52. The number of benzene rings is 1. The molecule has 2 aliphatic rings. The molecule has 1 aromatic carbocycles. The summed E-state index contributed by atoms with van der Waals surface area (Å²) in [6.07, 6.45) is 8.88. The molecule has 0 unspecified atom stereocenters. The van der Waals surface area contributed by atoms with Crippen LogP contribution in [0.15, 0.2) is 30.5 Å². The van der Waals surface area contributed by atoms with Crippen LogP contribution in [-0.4, -0.2) is 34.2 Å². The van der Waals surface area contributed by atoms with Crippen molar-refractivity contribution in [3.63, 3.8) is 0 Å². The van der Waals surface area contributed by atoms with Gasteiger partial charge in [0.2, 0.25) is 0 Å². The third-order valence-corrected chi connectivity index (χ3v) is 5.67. The van der Waals surface area contributed by atoms with Crippen molar-refractivity contribution in [3.05, 3.63) is 53.1 Å². The van der Waals surface area contributed by atoms with Gasteiger partial charge in [-0.2, -0.15) is 5.26 Å². The quantitative estimate of drug-likeness (QED) is 0.671. The fourth-order valence-electron chi connectivity index (χ4n) is 3.96. The van der Waals surface area contributed by atoms with Gasteiger partial charge in [0.15, 0.2) is 5.82 Å². The Balaban J connectivity index is 0.00000132. The number of carbonyl (C=O) groups excluding carboxylic acids is 1. The molecule has 3 N–H and O–H groups in total. The number of amides is 1. The second kappa shape index (κ2) is 10.4. The standard InChI is InChI=1S/C22H24N4O3.C2H6/c23-13-17-14-24-20(25-17)21(27)26-19-7-6-16(22(28)8-10-29-11-9-22)12-18(19)15-4-2-1-3-5-15;1-2/h4,6-7,12,14,28H,1-3,5,8-11H2,(H,24,25)(H,26,27);1-2H3. The first-order valence-corrected chi connectivity index (χ1v) is 11.0. The zero-order chi connectivity index (χ0) is 22.3. The van der Waals surface area contributed by atoms with Crippen LogP contribution in [-0.2, 0) is 10.3 Å². The van der Waals surface area contributed by atoms with Gasteiger partial charge in [-0.05, 0) is 49.0 Å². The number of imidazole rings is 1. The van der Waals surface area contributed by atoms with E-state index in [1.54, 1.807) is 0 Å². The van der Waals surface area contributed by atoms with Crippen molar-refractivity contribution in [2.45, 2.75) is 58.0 Å². The number of aliphatic hydroxyl groups is 1. The van der Waals surface area contributed by atoms with Crippen molar-refractivity contribution in [1.29, 1.82) is 5.26 Å². The van der Waals surface area contributed by atoms with Gasteiger partial charge in [-0.25, -0.2) is 4.98 Å². The molecule has 7 nitrogen and oxygen atoms in total. The van der Waals surface area contributed by atoms with Crippen molar-refractivity contribution in [3.8, 4) is 6.07 Å². The Kier molecular flexibility index (Phi) is 7.61. The first-order chi connectivity index (χ1) is 15.1. The first-order valence-electron chi connectivity index (χ1n) is 11.0. The number of hydrogen-bond donors (Lipinski definition) is 3. The van der Waals surface area contributed by atoms with Gasteiger partial charge in [-0.1, -0.05) is 26.0 Å². The molecule has 0 bridgehead atoms. The molecule has 7 heteroatoms. The molecule has 2 aromatic rings. The smallest absolute Gasteiger partial charge is 0.291 e. The van der Waals surface area contributed by atoms with Crippen molar-refractivity contribution in [2.75, 3.05) is 18.5 Å². The van der Waals surface area contributed by atoms with Gasteiger partial charge in [0, 0.05) is 37.3 Å². The van der Waals surface area contributed by atoms with Gasteiger partial charge >= 0.3 is 0 Å². The van der Waals surface area contributed by atoms with Crippen molar-refractivity contribution in [2.24, 2.45) is 0 Å². The van der Waals surface area contributed by atoms with Gasteiger partial charge in [0.25, 0.3) is 5.91 Å². The molecule has 4 rings (SSSR count). The minimum absolute atomic E-state index is 0.0947. The lowest BCUT2D eigenvalue weighted by atomic mass is 9.83. The summed E-state index contributed by atoms with van der Waals surface area (Å²) in [7, 11) is 0. The normalized spacial score (nSPS) is 17.5. The van der Waals surface area contributed by atoms with Crippen LogP contribution in [0, 0.1) is 11.3 Å². The molecule has 0 atom stereocenters. The van der Waals surface area contributed by atoms with Gasteiger partial charge in [-0.3, -0.25) is 4.79 Å². The third-order valence-electron chi connectivity index (χ3n) is 5.67. The lowest BCUT2D eigenvalue weighted by Crippen LogP contribution is -2.33. The van der Waals surface area contributed by atoms with E-state index in [1.165, 1.54) is 11.8 Å². The predicted molar refractivity (Wildman–Crippen MR) is 119 cm³/mol. The summed E-state index contributed by atoms with van der Waals surface area (Å²) in [4.78, 5) is 19.3. The number of nitrogens with zero attached hydrogens (tertiary/aromatic N) is 2. The van der Waals surface area contributed by atoms with E-state index in [9.17, 15) is 9.90 Å². The van der Waals surface area contributed by atoms with E-state index in [1.807, 2.05) is 38.1 Å². The van der Waals surface area contributed by atoms with Gasteiger partial charge in [0.1, 0.15) is 11.8 Å². The van der Waals surface area contributed by atoms with E-state index < -0.39 is 11.5 Å². The minimum Gasteiger partial charge on any atom is -0.385 e. The van der Waals surface area contributed by atoms with E-state index in [0.717, 1.165) is 36.8 Å². The van der Waals surface area contributed by atoms with E-state index in [2.05, 4.69) is 21.4 Å².